The van der Waals surface area contributed by atoms with E-state index in [-0.39, 0.29) is 11.8 Å². The molecule has 0 fully saturated rings. The number of carbonyl (C=O) groups excluding carboxylic acids is 2. The standard InChI is InChI=1S/C16H21NO3.C2H6/c1-2-3-4-5-6-9-12-20-17-15(18)13-10-7-8-11-14(13)16(17)19;1-2/h7-8,10-11H,2-6,9,12H2,1H3;1-2H3. The van der Waals surface area contributed by atoms with Crippen molar-refractivity contribution in [2.24, 2.45) is 0 Å². The molecule has 2 rings (SSSR count). The number of unbranched alkanes of at least 4 members (excludes halogenated alkanes) is 5. The summed E-state index contributed by atoms with van der Waals surface area (Å²) in [5, 5.41) is 0.900. The van der Waals surface area contributed by atoms with Gasteiger partial charge in [-0.1, -0.05) is 65.0 Å². The van der Waals surface area contributed by atoms with E-state index in [9.17, 15) is 9.59 Å². The van der Waals surface area contributed by atoms with Gasteiger partial charge in [-0.05, 0) is 18.6 Å². The van der Waals surface area contributed by atoms with Gasteiger partial charge in [0.2, 0.25) is 0 Å². The Balaban J connectivity index is 0.00000116. The first-order chi connectivity index (χ1) is 10.8. The number of benzene rings is 1. The molecule has 1 aliphatic rings. The Kier molecular flexibility index (Phi) is 8.44. The summed E-state index contributed by atoms with van der Waals surface area (Å²) >= 11 is 0. The lowest BCUT2D eigenvalue weighted by Gasteiger charge is -2.13. The van der Waals surface area contributed by atoms with Crippen molar-refractivity contribution in [3.63, 3.8) is 0 Å². The lowest BCUT2D eigenvalue weighted by atomic mass is 10.1. The second-order valence-corrected chi connectivity index (χ2v) is 5.05. The van der Waals surface area contributed by atoms with Gasteiger partial charge in [-0.15, -0.1) is 5.06 Å². The molecule has 4 heteroatoms. The molecule has 0 aliphatic carbocycles. The van der Waals surface area contributed by atoms with Gasteiger partial charge >= 0.3 is 0 Å². The van der Waals surface area contributed by atoms with E-state index in [1.807, 2.05) is 13.8 Å². The van der Waals surface area contributed by atoms with Crippen LogP contribution in [0.2, 0.25) is 0 Å². The van der Waals surface area contributed by atoms with Crippen LogP contribution in [0.5, 0.6) is 0 Å². The molecule has 1 heterocycles. The van der Waals surface area contributed by atoms with E-state index >= 15 is 0 Å². The Labute approximate surface area is 133 Å². The highest BCUT2D eigenvalue weighted by Crippen LogP contribution is 2.22. The summed E-state index contributed by atoms with van der Waals surface area (Å²) in [5.41, 5.74) is 0.862. The van der Waals surface area contributed by atoms with Gasteiger partial charge in [0.05, 0.1) is 17.7 Å². The summed E-state index contributed by atoms with van der Waals surface area (Å²) in [6.07, 6.45) is 6.86. The number of rotatable bonds is 8. The van der Waals surface area contributed by atoms with Crippen molar-refractivity contribution < 1.29 is 14.4 Å². The molecule has 0 N–H and O–H groups in total. The minimum atomic E-state index is -0.350. The number of imide groups is 1. The summed E-state index contributed by atoms with van der Waals surface area (Å²) in [5.74, 6) is -0.701. The second kappa shape index (κ2) is 10.1. The predicted octanol–water partition coefficient (Wildman–Crippen LogP) is 4.60. The Morgan fingerprint density at radius 1 is 0.864 bits per heavy atom. The first kappa shape index (κ1) is 18.4. The molecule has 1 aromatic rings. The minimum Gasteiger partial charge on any atom is -0.266 e. The molecule has 22 heavy (non-hydrogen) atoms. The Morgan fingerprint density at radius 2 is 1.36 bits per heavy atom. The highest BCUT2D eigenvalue weighted by atomic mass is 16.7. The molecular weight excluding hydrogens is 278 g/mol. The number of hydrogen-bond acceptors (Lipinski definition) is 3. The third-order valence-corrected chi connectivity index (χ3v) is 3.48. The maximum Gasteiger partial charge on any atom is 0.285 e. The maximum absolute atomic E-state index is 12.0. The summed E-state index contributed by atoms with van der Waals surface area (Å²) in [6, 6.07) is 6.82. The molecule has 122 valence electrons. The number of nitrogens with zero attached hydrogens (tertiary/aromatic N) is 1. The largest absolute Gasteiger partial charge is 0.285 e. The number of fused-ring (bicyclic) bond motifs is 1. The summed E-state index contributed by atoms with van der Waals surface area (Å²) in [6.45, 7) is 6.60. The van der Waals surface area contributed by atoms with Crippen molar-refractivity contribution in [3.05, 3.63) is 35.4 Å². The van der Waals surface area contributed by atoms with E-state index in [2.05, 4.69) is 6.92 Å². The summed E-state index contributed by atoms with van der Waals surface area (Å²) < 4.78 is 0. The van der Waals surface area contributed by atoms with Crippen LogP contribution >= 0.6 is 0 Å². The van der Waals surface area contributed by atoms with E-state index in [0.717, 1.165) is 17.9 Å². The minimum absolute atomic E-state index is 0.350. The number of amides is 2. The van der Waals surface area contributed by atoms with Gasteiger partial charge in [0.15, 0.2) is 0 Å². The Bertz CT molecular complexity index is 450. The van der Waals surface area contributed by atoms with Crippen LogP contribution in [0.3, 0.4) is 0 Å². The molecule has 0 bridgehead atoms. The number of hydroxylamine groups is 2. The van der Waals surface area contributed by atoms with Gasteiger partial charge in [-0.3, -0.25) is 14.4 Å². The zero-order valence-electron chi connectivity index (χ0n) is 13.9. The monoisotopic (exact) mass is 305 g/mol. The van der Waals surface area contributed by atoms with Crippen molar-refractivity contribution in [3.8, 4) is 0 Å². The van der Waals surface area contributed by atoms with Crippen LogP contribution in [-0.2, 0) is 4.84 Å². The second-order valence-electron chi connectivity index (χ2n) is 5.05. The van der Waals surface area contributed by atoms with Crippen LogP contribution in [0.15, 0.2) is 24.3 Å². The van der Waals surface area contributed by atoms with Crippen molar-refractivity contribution in [1.29, 1.82) is 0 Å². The molecular formula is C18H27NO3. The van der Waals surface area contributed by atoms with Gasteiger partial charge in [-0.25, -0.2) is 0 Å². The van der Waals surface area contributed by atoms with Gasteiger partial charge in [0.25, 0.3) is 11.8 Å². The Hall–Kier alpha value is -1.68. The molecule has 2 amide bonds. The van der Waals surface area contributed by atoms with Crippen LogP contribution in [0.25, 0.3) is 0 Å². The van der Waals surface area contributed by atoms with Crippen molar-refractivity contribution >= 4 is 11.8 Å². The van der Waals surface area contributed by atoms with E-state index in [4.69, 9.17) is 4.84 Å². The highest BCUT2D eigenvalue weighted by Gasteiger charge is 2.36. The SMILES string of the molecule is CC.CCCCCCCCON1C(=O)c2ccccc2C1=O. The molecule has 0 atom stereocenters. The lowest BCUT2D eigenvalue weighted by Crippen LogP contribution is -2.30. The fraction of sp³-hybridized carbons (Fsp3) is 0.556. The molecule has 0 aromatic heterocycles. The van der Waals surface area contributed by atoms with Gasteiger partial charge in [0, 0.05) is 0 Å². The fourth-order valence-corrected chi connectivity index (χ4v) is 2.32. The van der Waals surface area contributed by atoms with Crippen LogP contribution < -0.4 is 0 Å². The lowest BCUT2D eigenvalue weighted by molar-refractivity contribution is -0.0922. The third-order valence-electron chi connectivity index (χ3n) is 3.48. The molecule has 0 saturated carbocycles. The number of carbonyl (C=O) groups is 2. The average molecular weight is 305 g/mol. The summed E-state index contributed by atoms with van der Waals surface area (Å²) in [7, 11) is 0. The predicted molar refractivity (Wildman–Crippen MR) is 87.6 cm³/mol. The topological polar surface area (TPSA) is 46.6 Å². The highest BCUT2D eigenvalue weighted by molar-refractivity contribution is 6.20. The molecule has 0 saturated heterocycles. The van der Waals surface area contributed by atoms with Crippen LogP contribution in [0.1, 0.15) is 80.0 Å². The van der Waals surface area contributed by atoms with E-state index in [1.165, 1.54) is 25.7 Å². The molecule has 1 aliphatic heterocycles. The molecule has 0 radical (unpaired) electrons. The van der Waals surface area contributed by atoms with Crippen molar-refractivity contribution in [2.75, 3.05) is 6.61 Å². The fourth-order valence-electron chi connectivity index (χ4n) is 2.32. The van der Waals surface area contributed by atoms with Crippen LogP contribution in [0.4, 0.5) is 0 Å². The third kappa shape index (κ3) is 4.67. The van der Waals surface area contributed by atoms with Crippen molar-refractivity contribution in [2.45, 2.75) is 59.3 Å². The summed E-state index contributed by atoms with van der Waals surface area (Å²) in [4.78, 5) is 29.3. The maximum atomic E-state index is 12.0. The zero-order valence-corrected chi connectivity index (χ0v) is 13.9. The first-order valence-corrected chi connectivity index (χ1v) is 8.36. The van der Waals surface area contributed by atoms with Crippen LogP contribution in [0, 0.1) is 0 Å². The molecule has 0 unspecified atom stereocenters. The quantitative estimate of drug-likeness (QED) is 0.521. The Morgan fingerprint density at radius 3 is 1.91 bits per heavy atom. The van der Waals surface area contributed by atoms with Gasteiger partial charge < -0.3 is 0 Å². The van der Waals surface area contributed by atoms with E-state index in [0.29, 0.717) is 17.7 Å². The van der Waals surface area contributed by atoms with Crippen molar-refractivity contribution in [1.82, 2.24) is 5.06 Å². The first-order valence-electron chi connectivity index (χ1n) is 8.36. The zero-order chi connectivity index (χ0) is 16.4. The van der Waals surface area contributed by atoms with E-state index in [1.54, 1.807) is 24.3 Å². The average Bonchev–Trinajstić information content (AvgIpc) is 2.81. The molecule has 1 aromatic carbocycles. The molecule has 0 spiro atoms. The number of hydrogen-bond donors (Lipinski definition) is 0. The van der Waals surface area contributed by atoms with Gasteiger partial charge in [0.1, 0.15) is 0 Å². The van der Waals surface area contributed by atoms with Gasteiger partial charge in [-0.2, -0.15) is 0 Å². The normalized spacial score (nSPS) is 13.0. The van der Waals surface area contributed by atoms with E-state index < -0.39 is 0 Å². The molecule has 4 nitrogen and oxygen atoms in total. The van der Waals surface area contributed by atoms with Crippen LogP contribution in [-0.4, -0.2) is 23.5 Å². The smallest absolute Gasteiger partial charge is 0.266 e.